The maximum absolute atomic E-state index is 12.9. The van der Waals surface area contributed by atoms with Crippen LogP contribution in [0.15, 0.2) is 24.3 Å². The first-order chi connectivity index (χ1) is 12.8. The van der Waals surface area contributed by atoms with E-state index in [9.17, 15) is 22.4 Å². The number of unbranched alkanes of at least 4 members (excludes halogenated alkanes) is 2. The van der Waals surface area contributed by atoms with E-state index < -0.39 is 18.3 Å². The summed E-state index contributed by atoms with van der Waals surface area (Å²) in [4.78, 5) is 12.3. The molecule has 1 aromatic carbocycles. The second kappa shape index (κ2) is 9.95. The quantitative estimate of drug-likeness (QED) is 0.217. The highest BCUT2D eigenvalue weighted by Gasteiger charge is 2.43. The first-order valence-corrected chi connectivity index (χ1v) is 9.48. The van der Waals surface area contributed by atoms with E-state index in [4.69, 9.17) is 4.74 Å². The van der Waals surface area contributed by atoms with Gasteiger partial charge in [-0.15, -0.1) is 0 Å². The second-order valence-corrected chi connectivity index (χ2v) is 7.07. The molecule has 1 saturated carbocycles. The Kier molecular flexibility index (Phi) is 7.92. The molecule has 1 fully saturated rings. The molecule has 0 saturated heterocycles. The summed E-state index contributed by atoms with van der Waals surface area (Å²) in [6.07, 6.45) is -0.000772. The minimum Gasteiger partial charge on any atom is -0.428 e. The van der Waals surface area contributed by atoms with Crippen molar-refractivity contribution in [3.8, 4) is 11.5 Å². The van der Waals surface area contributed by atoms with Crippen LogP contribution in [0.25, 0.3) is 0 Å². The third-order valence-electron chi connectivity index (χ3n) is 4.95. The number of alkyl halides is 4. The van der Waals surface area contributed by atoms with Gasteiger partial charge in [0.1, 0.15) is 11.5 Å². The van der Waals surface area contributed by atoms with Crippen LogP contribution < -0.4 is 9.47 Å². The van der Waals surface area contributed by atoms with Crippen LogP contribution >= 0.6 is 0 Å². The Balaban J connectivity index is 1.79. The summed E-state index contributed by atoms with van der Waals surface area (Å²) >= 11 is 0. The van der Waals surface area contributed by atoms with Crippen LogP contribution in [0.4, 0.5) is 17.6 Å². The highest BCUT2D eigenvalue weighted by atomic mass is 19.3. The van der Waals surface area contributed by atoms with Gasteiger partial charge < -0.3 is 9.47 Å². The summed E-state index contributed by atoms with van der Waals surface area (Å²) in [7, 11) is 0. The Labute approximate surface area is 157 Å². The lowest BCUT2D eigenvalue weighted by molar-refractivity contribution is -0.253. The molecule has 0 aromatic heterocycles. The Morgan fingerprint density at radius 1 is 1.07 bits per heavy atom. The van der Waals surface area contributed by atoms with Gasteiger partial charge in [0.2, 0.25) is 0 Å². The molecule has 1 aliphatic rings. The van der Waals surface area contributed by atoms with Crippen molar-refractivity contribution >= 4 is 5.97 Å². The first-order valence-electron chi connectivity index (χ1n) is 9.48. The summed E-state index contributed by atoms with van der Waals surface area (Å²) in [5.74, 6) is -0.0703. The molecule has 0 amide bonds. The average Bonchev–Trinajstić information content (AvgIpc) is 2.64. The summed E-state index contributed by atoms with van der Waals surface area (Å²) in [5, 5.41) is 0. The number of carbonyl (C=O) groups is 1. The minimum atomic E-state index is -4.56. The van der Waals surface area contributed by atoms with Crippen molar-refractivity contribution in [2.24, 2.45) is 11.8 Å². The molecule has 7 heteroatoms. The molecule has 0 spiro atoms. The number of carbonyl (C=O) groups excluding carboxylic acids is 1. The highest BCUT2D eigenvalue weighted by Crippen LogP contribution is 2.33. The number of rotatable bonds is 9. The van der Waals surface area contributed by atoms with Crippen molar-refractivity contribution in [2.45, 2.75) is 70.8 Å². The molecule has 27 heavy (non-hydrogen) atoms. The van der Waals surface area contributed by atoms with Gasteiger partial charge in [-0.3, -0.25) is 4.79 Å². The monoisotopic (exact) mass is 390 g/mol. The number of ether oxygens (including phenoxy) is 2. The van der Waals surface area contributed by atoms with E-state index in [1.807, 2.05) is 0 Å². The predicted octanol–water partition coefficient (Wildman–Crippen LogP) is 6.22. The van der Waals surface area contributed by atoms with Gasteiger partial charge in [-0.1, -0.05) is 32.6 Å². The fourth-order valence-corrected chi connectivity index (χ4v) is 3.35. The fourth-order valence-electron chi connectivity index (χ4n) is 3.35. The van der Waals surface area contributed by atoms with Crippen molar-refractivity contribution < 1.29 is 31.8 Å². The maximum atomic E-state index is 12.9. The van der Waals surface area contributed by atoms with Crippen LogP contribution in [0.3, 0.4) is 0 Å². The van der Waals surface area contributed by atoms with Crippen molar-refractivity contribution in [1.29, 1.82) is 0 Å². The SMILES string of the molecule is CCCCC[C@H]1CC[C@H](C(=O)Oc2ccc(OC(F)(F)C(F)F)cc2)CC1. The summed E-state index contributed by atoms with van der Waals surface area (Å²) in [6, 6.07) is 4.66. The van der Waals surface area contributed by atoms with Gasteiger partial charge in [0.15, 0.2) is 0 Å². The van der Waals surface area contributed by atoms with E-state index in [-0.39, 0.29) is 17.6 Å². The molecule has 0 heterocycles. The Hall–Kier alpha value is -1.79. The zero-order valence-electron chi connectivity index (χ0n) is 15.4. The van der Waals surface area contributed by atoms with Gasteiger partial charge in [-0.2, -0.15) is 17.6 Å². The number of benzene rings is 1. The van der Waals surface area contributed by atoms with Crippen LogP contribution in [-0.4, -0.2) is 18.5 Å². The molecule has 152 valence electrons. The zero-order chi connectivity index (χ0) is 19.9. The van der Waals surface area contributed by atoms with E-state index in [0.29, 0.717) is 5.92 Å². The molecule has 0 atom stereocenters. The smallest absolute Gasteiger partial charge is 0.428 e. The third-order valence-corrected chi connectivity index (χ3v) is 4.95. The molecule has 1 aromatic rings. The number of esters is 1. The zero-order valence-corrected chi connectivity index (χ0v) is 15.4. The van der Waals surface area contributed by atoms with Crippen molar-refractivity contribution in [3.05, 3.63) is 24.3 Å². The summed E-state index contributed by atoms with van der Waals surface area (Å²) in [6.45, 7) is 2.18. The van der Waals surface area contributed by atoms with Crippen LogP contribution in [-0.2, 0) is 4.79 Å². The minimum absolute atomic E-state index is 0.161. The van der Waals surface area contributed by atoms with Gasteiger partial charge in [0, 0.05) is 0 Å². The van der Waals surface area contributed by atoms with E-state index in [1.165, 1.54) is 37.8 Å². The molecule has 0 radical (unpaired) electrons. The lowest BCUT2D eigenvalue weighted by Gasteiger charge is -2.27. The third kappa shape index (κ3) is 6.70. The Morgan fingerprint density at radius 3 is 2.22 bits per heavy atom. The molecule has 2 rings (SSSR count). The molecule has 0 unspecified atom stereocenters. The molecule has 0 bridgehead atoms. The van der Waals surface area contributed by atoms with Crippen molar-refractivity contribution in [1.82, 2.24) is 0 Å². The first kappa shape index (κ1) is 21.5. The standard InChI is InChI=1S/C20H26F4O3/c1-2-3-4-5-14-6-8-15(9-7-14)18(25)26-16-10-12-17(13-11-16)27-20(23,24)19(21)22/h10-15,19H,2-9H2,1H3/t14-,15-. The number of hydrogen-bond acceptors (Lipinski definition) is 3. The van der Waals surface area contributed by atoms with Gasteiger partial charge in [-0.05, 0) is 55.9 Å². The highest BCUT2D eigenvalue weighted by molar-refractivity contribution is 5.75. The van der Waals surface area contributed by atoms with Gasteiger partial charge >= 0.3 is 18.5 Å². The Bertz CT molecular complexity index is 581. The summed E-state index contributed by atoms with van der Waals surface area (Å²) in [5.41, 5.74) is 0. The van der Waals surface area contributed by atoms with E-state index in [2.05, 4.69) is 11.7 Å². The lowest BCUT2D eigenvalue weighted by atomic mass is 9.80. The van der Waals surface area contributed by atoms with E-state index in [0.717, 1.165) is 37.8 Å². The van der Waals surface area contributed by atoms with E-state index >= 15 is 0 Å². The topological polar surface area (TPSA) is 35.5 Å². The molecule has 0 N–H and O–H groups in total. The molecule has 3 nitrogen and oxygen atoms in total. The largest absolute Gasteiger partial charge is 0.461 e. The van der Waals surface area contributed by atoms with Crippen molar-refractivity contribution in [3.63, 3.8) is 0 Å². The fraction of sp³-hybridized carbons (Fsp3) is 0.650. The van der Waals surface area contributed by atoms with Crippen LogP contribution in [0, 0.1) is 11.8 Å². The Morgan fingerprint density at radius 2 is 1.67 bits per heavy atom. The van der Waals surface area contributed by atoms with Gasteiger partial charge in [0.25, 0.3) is 0 Å². The predicted molar refractivity (Wildman–Crippen MR) is 93.2 cm³/mol. The van der Waals surface area contributed by atoms with Gasteiger partial charge in [-0.25, -0.2) is 0 Å². The number of halogens is 4. The normalized spacial score (nSPS) is 20.5. The molecule has 1 aliphatic carbocycles. The molecular weight excluding hydrogens is 364 g/mol. The second-order valence-electron chi connectivity index (χ2n) is 7.07. The maximum Gasteiger partial charge on any atom is 0.461 e. The lowest BCUT2D eigenvalue weighted by Crippen LogP contribution is -2.33. The van der Waals surface area contributed by atoms with Crippen molar-refractivity contribution in [2.75, 3.05) is 0 Å². The van der Waals surface area contributed by atoms with Crippen LogP contribution in [0.2, 0.25) is 0 Å². The van der Waals surface area contributed by atoms with Crippen LogP contribution in [0.1, 0.15) is 58.3 Å². The van der Waals surface area contributed by atoms with E-state index in [1.54, 1.807) is 0 Å². The summed E-state index contributed by atoms with van der Waals surface area (Å²) < 4.78 is 59.2. The average molecular weight is 390 g/mol. The number of hydrogen-bond donors (Lipinski definition) is 0. The van der Waals surface area contributed by atoms with Crippen LogP contribution in [0.5, 0.6) is 11.5 Å². The van der Waals surface area contributed by atoms with Gasteiger partial charge in [0.05, 0.1) is 5.92 Å². The molecule has 0 aliphatic heterocycles. The molecular formula is C20H26F4O3.